The number of phenols is 1. The van der Waals surface area contributed by atoms with E-state index in [2.05, 4.69) is 0 Å². The molecule has 0 fully saturated rings. The summed E-state index contributed by atoms with van der Waals surface area (Å²) in [6, 6.07) is 3.74. The van der Waals surface area contributed by atoms with Crippen molar-refractivity contribution in [3.8, 4) is 5.75 Å². The number of carboxylic acids is 1. The van der Waals surface area contributed by atoms with Crippen LogP contribution in [-0.4, -0.2) is 21.3 Å². The van der Waals surface area contributed by atoms with Crippen molar-refractivity contribution in [1.29, 1.82) is 0 Å². The molecule has 0 bridgehead atoms. The third-order valence-corrected chi connectivity index (χ3v) is 2.47. The Labute approximate surface area is 104 Å². The smallest absolute Gasteiger partial charge is 0.327 e. The number of aromatic hydroxyl groups is 1. The van der Waals surface area contributed by atoms with Gasteiger partial charge in [0.25, 0.3) is 0 Å². The number of allylic oxidation sites excluding steroid dienone is 1. The number of halogens is 1. The summed E-state index contributed by atoms with van der Waals surface area (Å²) in [7, 11) is 0. The van der Waals surface area contributed by atoms with E-state index in [1.165, 1.54) is 18.2 Å². The molecule has 1 aromatic carbocycles. The molecule has 98 valence electrons. The molecule has 0 amide bonds. The van der Waals surface area contributed by atoms with Gasteiger partial charge in [0.2, 0.25) is 0 Å². The fraction of sp³-hybridized carbons (Fsp3) is 0.308. The number of phenolic OH excluding ortho intramolecular Hbond substituents is 1. The van der Waals surface area contributed by atoms with Crippen molar-refractivity contribution in [2.45, 2.75) is 25.4 Å². The Morgan fingerprint density at radius 1 is 1.44 bits per heavy atom. The number of hydrogen-bond donors (Lipinski definition) is 3. The Bertz CT molecular complexity index is 443. The van der Waals surface area contributed by atoms with Gasteiger partial charge in [0.05, 0.1) is 6.10 Å². The van der Waals surface area contributed by atoms with Crippen LogP contribution in [0.25, 0.3) is 0 Å². The van der Waals surface area contributed by atoms with E-state index in [1.807, 2.05) is 0 Å². The highest BCUT2D eigenvalue weighted by molar-refractivity contribution is 5.79. The lowest BCUT2D eigenvalue weighted by Gasteiger charge is -2.10. The Hall–Kier alpha value is -1.88. The Kier molecular flexibility index (Phi) is 5.32. The predicted molar refractivity (Wildman–Crippen MR) is 63.7 cm³/mol. The summed E-state index contributed by atoms with van der Waals surface area (Å²) in [5, 5.41) is 27.1. The third-order valence-electron chi connectivity index (χ3n) is 2.47. The largest absolute Gasteiger partial charge is 0.505 e. The minimum Gasteiger partial charge on any atom is -0.505 e. The van der Waals surface area contributed by atoms with E-state index in [9.17, 15) is 14.3 Å². The number of aliphatic hydroxyl groups excluding tert-OH is 1. The minimum absolute atomic E-state index is 0.396. The maximum absolute atomic E-state index is 13.0. The number of aliphatic hydroxyl groups is 1. The fourth-order valence-electron chi connectivity index (χ4n) is 1.51. The molecule has 18 heavy (non-hydrogen) atoms. The topological polar surface area (TPSA) is 77.8 Å². The number of benzene rings is 1. The van der Waals surface area contributed by atoms with Crippen LogP contribution in [0.15, 0.2) is 30.4 Å². The Morgan fingerprint density at radius 3 is 2.78 bits per heavy atom. The molecule has 0 unspecified atom stereocenters. The van der Waals surface area contributed by atoms with Crippen molar-refractivity contribution in [3.63, 3.8) is 0 Å². The summed E-state index contributed by atoms with van der Waals surface area (Å²) in [6.07, 6.45) is 3.25. The van der Waals surface area contributed by atoms with Gasteiger partial charge in [-0.2, -0.15) is 0 Å². The van der Waals surface area contributed by atoms with Crippen LogP contribution < -0.4 is 0 Å². The van der Waals surface area contributed by atoms with Crippen molar-refractivity contribution in [2.24, 2.45) is 0 Å². The SMILES string of the molecule is O=C(O)/C=C/CCC[C@@H](O)c1ccc(O)c(F)c1. The number of rotatable bonds is 6. The molecule has 5 heteroatoms. The zero-order valence-corrected chi connectivity index (χ0v) is 9.71. The zero-order valence-electron chi connectivity index (χ0n) is 9.71. The van der Waals surface area contributed by atoms with E-state index in [1.54, 1.807) is 0 Å². The Balaban J connectivity index is 2.43. The van der Waals surface area contributed by atoms with Crippen LogP contribution in [-0.2, 0) is 4.79 Å². The molecule has 0 aromatic heterocycles. The second-order valence-electron chi connectivity index (χ2n) is 3.90. The molecule has 0 aliphatic heterocycles. The predicted octanol–water partition coefficient (Wildman–Crippen LogP) is 2.38. The number of carboxylic acid groups (broad SMARTS) is 1. The lowest BCUT2D eigenvalue weighted by molar-refractivity contribution is -0.131. The standard InChI is InChI=1S/C13H15FO4/c14-10-8-9(6-7-12(10)16)11(15)4-2-1-3-5-13(17)18/h3,5-8,11,15-16H,1-2,4H2,(H,17,18)/b5-3+/t11-/m1/s1. The highest BCUT2D eigenvalue weighted by atomic mass is 19.1. The van der Waals surface area contributed by atoms with Crippen molar-refractivity contribution >= 4 is 5.97 Å². The molecule has 0 radical (unpaired) electrons. The van der Waals surface area contributed by atoms with Crippen LogP contribution >= 0.6 is 0 Å². The maximum Gasteiger partial charge on any atom is 0.327 e. The summed E-state index contributed by atoms with van der Waals surface area (Å²) < 4.78 is 13.0. The first-order chi connectivity index (χ1) is 8.50. The number of unbranched alkanes of at least 4 members (excludes halogenated alkanes) is 1. The van der Waals surface area contributed by atoms with Gasteiger partial charge in [-0.25, -0.2) is 9.18 Å². The van der Waals surface area contributed by atoms with Crippen LogP contribution in [0.4, 0.5) is 4.39 Å². The number of aliphatic carboxylic acids is 1. The van der Waals surface area contributed by atoms with Gasteiger partial charge in [-0.3, -0.25) is 0 Å². The van der Waals surface area contributed by atoms with E-state index >= 15 is 0 Å². The summed E-state index contributed by atoms with van der Waals surface area (Å²) >= 11 is 0. The first kappa shape index (κ1) is 14.2. The number of hydrogen-bond acceptors (Lipinski definition) is 3. The minimum atomic E-state index is -1.00. The lowest BCUT2D eigenvalue weighted by atomic mass is 10.0. The molecule has 0 aliphatic rings. The van der Waals surface area contributed by atoms with E-state index in [0.29, 0.717) is 24.8 Å². The third kappa shape index (κ3) is 4.55. The molecule has 4 nitrogen and oxygen atoms in total. The average Bonchev–Trinajstić information content (AvgIpc) is 2.31. The molecule has 1 rings (SSSR count). The van der Waals surface area contributed by atoms with Crippen LogP contribution in [0.1, 0.15) is 30.9 Å². The quantitative estimate of drug-likeness (QED) is 0.538. The van der Waals surface area contributed by atoms with Crippen molar-refractivity contribution < 1.29 is 24.5 Å². The van der Waals surface area contributed by atoms with Gasteiger partial charge in [0, 0.05) is 6.08 Å². The van der Waals surface area contributed by atoms with Gasteiger partial charge in [0.15, 0.2) is 11.6 Å². The molecule has 3 N–H and O–H groups in total. The summed E-state index contributed by atoms with van der Waals surface area (Å²) in [5.41, 5.74) is 0.396. The molecular formula is C13H15FO4. The highest BCUT2D eigenvalue weighted by Crippen LogP contribution is 2.24. The number of carbonyl (C=O) groups is 1. The molecule has 0 aliphatic carbocycles. The van der Waals surface area contributed by atoms with Crippen LogP contribution in [0, 0.1) is 5.82 Å². The summed E-state index contributed by atoms with van der Waals surface area (Å²) in [6.45, 7) is 0. The Morgan fingerprint density at radius 2 is 2.17 bits per heavy atom. The monoisotopic (exact) mass is 254 g/mol. The van der Waals surface area contributed by atoms with E-state index in [0.717, 1.165) is 12.1 Å². The van der Waals surface area contributed by atoms with E-state index in [-0.39, 0.29) is 0 Å². The fourth-order valence-corrected chi connectivity index (χ4v) is 1.51. The van der Waals surface area contributed by atoms with Crippen LogP contribution in [0.2, 0.25) is 0 Å². The van der Waals surface area contributed by atoms with Gasteiger partial charge in [-0.1, -0.05) is 12.1 Å². The van der Waals surface area contributed by atoms with Gasteiger partial charge >= 0.3 is 5.97 Å². The van der Waals surface area contributed by atoms with Gasteiger partial charge < -0.3 is 15.3 Å². The van der Waals surface area contributed by atoms with Gasteiger partial charge in [-0.15, -0.1) is 0 Å². The van der Waals surface area contributed by atoms with Crippen molar-refractivity contribution in [1.82, 2.24) is 0 Å². The molecule has 0 saturated carbocycles. The van der Waals surface area contributed by atoms with Crippen LogP contribution in [0.3, 0.4) is 0 Å². The highest BCUT2D eigenvalue weighted by Gasteiger charge is 2.09. The average molecular weight is 254 g/mol. The first-order valence-electron chi connectivity index (χ1n) is 5.56. The summed E-state index contributed by atoms with van der Waals surface area (Å²) in [5.74, 6) is -2.22. The molecule has 1 atom stereocenters. The normalized spacial score (nSPS) is 12.8. The van der Waals surface area contributed by atoms with Gasteiger partial charge in [-0.05, 0) is 37.0 Å². The lowest BCUT2D eigenvalue weighted by Crippen LogP contribution is -1.98. The maximum atomic E-state index is 13.0. The molecule has 0 spiro atoms. The second kappa shape index (κ2) is 6.76. The molecule has 0 saturated heterocycles. The first-order valence-corrected chi connectivity index (χ1v) is 5.56. The van der Waals surface area contributed by atoms with Gasteiger partial charge in [0.1, 0.15) is 0 Å². The van der Waals surface area contributed by atoms with E-state index < -0.39 is 23.6 Å². The van der Waals surface area contributed by atoms with E-state index in [4.69, 9.17) is 10.2 Å². The summed E-state index contributed by atoms with van der Waals surface area (Å²) in [4.78, 5) is 10.2. The van der Waals surface area contributed by atoms with Crippen LogP contribution in [0.5, 0.6) is 5.75 Å². The molecule has 1 aromatic rings. The second-order valence-corrected chi connectivity index (χ2v) is 3.90. The van der Waals surface area contributed by atoms with Crippen molar-refractivity contribution in [3.05, 3.63) is 41.7 Å². The molecule has 0 heterocycles. The van der Waals surface area contributed by atoms with Crippen molar-refractivity contribution in [2.75, 3.05) is 0 Å². The molecular weight excluding hydrogens is 239 g/mol. The zero-order chi connectivity index (χ0) is 13.5.